The molecule has 1 unspecified atom stereocenters. The third kappa shape index (κ3) is 1.05. The van der Waals surface area contributed by atoms with E-state index in [1.807, 2.05) is 0 Å². The molecule has 1 rings (SSSR count). The van der Waals surface area contributed by atoms with Crippen molar-refractivity contribution in [3.05, 3.63) is 24.8 Å². The molecule has 0 aromatic heterocycles. The summed E-state index contributed by atoms with van der Waals surface area (Å²) in [6.07, 6.45) is 4.79. The lowest BCUT2D eigenvalue weighted by Gasteiger charge is -2.09. The first-order valence-corrected chi connectivity index (χ1v) is 3.11. The van der Waals surface area contributed by atoms with Crippen molar-refractivity contribution < 1.29 is 9.59 Å². The Hall–Kier alpha value is -1.18. The van der Waals surface area contributed by atoms with Crippen molar-refractivity contribution in [3.8, 4) is 0 Å². The molecule has 0 saturated carbocycles. The molecule has 52 valence electrons. The van der Waals surface area contributed by atoms with Crippen LogP contribution in [0.5, 0.6) is 0 Å². The number of carbonyl (C=O) groups is 2. The molecule has 1 aliphatic rings. The molecule has 1 atom stereocenters. The standard InChI is InChI=1S/C8H8O2/c1-2-6-7(9)4-3-5-8(6)10/h2-4,6H,1,5H2. The molecular formula is C8H8O2. The predicted molar refractivity (Wildman–Crippen MR) is 37.5 cm³/mol. The minimum atomic E-state index is -0.579. The van der Waals surface area contributed by atoms with Crippen LogP contribution in [0, 0.1) is 5.92 Å². The fourth-order valence-electron chi connectivity index (χ4n) is 0.928. The van der Waals surface area contributed by atoms with E-state index in [0.29, 0.717) is 6.42 Å². The van der Waals surface area contributed by atoms with Gasteiger partial charge in [-0.2, -0.15) is 0 Å². The first-order valence-electron chi connectivity index (χ1n) is 3.11. The summed E-state index contributed by atoms with van der Waals surface area (Å²) in [6.45, 7) is 3.41. The van der Waals surface area contributed by atoms with Crippen molar-refractivity contribution >= 4 is 11.6 Å². The minimum Gasteiger partial charge on any atom is -0.298 e. The Balaban J connectivity index is 2.87. The summed E-state index contributed by atoms with van der Waals surface area (Å²) in [5.41, 5.74) is 0. The van der Waals surface area contributed by atoms with Crippen molar-refractivity contribution in [3.63, 3.8) is 0 Å². The van der Waals surface area contributed by atoms with E-state index in [0.717, 1.165) is 0 Å². The molecule has 0 spiro atoms. The Labute approximate surface area is 59.2 Å². The molecule has 0 fully saturated rings. The molecule has 0 aromatic rings. The maximum atomic E-state index is 10.9. The van der Waals surface area contributed by atoms with Gasteiger partial charge in [-0.15, -0.1) is 6.58 Å². The summed E-state index contributed by atoms with van der Waals surface area (Å²) < 4.78 is 0. The van der Waals surface area contributed by atoms with Gasteiger partial charge in [0, 0.05) is 6.42 Å². The van der Waals surface area contributed by atoms with Gasteiger partial charge in [0.15, 0.2) is 11.6 Å². The Morgan fingerprint density at radius 2 is 2.30 bits per heavy atom. The third-order valence-electron chi connectivity index (χ3n) is 1.49. The number of hydrogen-bond acceptors (Lipinski definition) is 2. The number of carbonyl (C=O) groups excluding carboxylic acids is 2. The van der Waals surface area contributed by atoms with E-state index in [-0.39, 0.29) is 11.6 Å². The second-order valence-corrected chi connectivity index (χ2v) is 2.19. The lowest BCUT2D eigenvalue weighted by atomic mass is 9.92. The van der Waals surface area contributed by atoms with Crippen LogP contribution in [0.4, 0.5) is 0 Å². The first kappa shape index (κ1) is 6.93. The van der Waals surface area contributed by atoms with Gasteiger partial charge in [0.25, 0.3) is 0 Å². The minimum absolute atomic E-state index is 0.0532. The van der Waals surface area contributed by atoms with Crippen molar-refractivity contribution in [1.82, 2.24) is 0 Å². The van der Waals surface area contributed by atoms with Crippen LogP contribution in [0.2, 0.25) is 0 Å². The molecule has 0 saturated heterocycles. The summed E-state index contributed by atoms with van der Waals surface area (Å²) in [4.78, 5) is 21.7. The Kier molecular flexibility index (Phi) is 1.81. The SMILES string of the molecule is C=CC1C(=O)C=CCC1=O. The van der Waals surface area contributed by atoms with Gasteiger partial charge in [-0.3, -0.25) is 9.59 Å². The predicted octanol–water partition coefficient (Wildman–Crippen LogP) is 0.887. The van der Waals surface area contributed by atoms with Crippen LogP contribution in [0.25, 0.3) is 0 Å². The summed E-state index contributed by atoms with van der Waals surface area (Å²) in [5, 5.41) is 0. The highest BCUT2D eigenvalue weighted by atomic mass is 16.1. The largest absolute Gasteiger partial charge is 0.298 e. The average molecular weight is 136 g/mol. The summed E-state index contributed by atoms with van der Waals surface area (Å²) in [7, 11) is 0. The summed E-state index contributed by atoms with van der Waals surface area (Å²) in [6, 6.07) is 0. The van der Waals surface area contributed by atoms with Gasteiger partial charge in [-0.05, 0) is 6.08 Å². The number of Topliss-reactive ketones (excluding diaryl/α,β-unsaturated/α-hetero) is 1. The molecule has 2 nitrogen and oxygen atoms in total. The summed E-state index contributed by atoms with van der Waals surface area (Å²) >= 11 is 0. The molecule has 0 heterocycles. The van der Waals surface area contributed by atoms with E-state index in [4.69, 9.17) is 0 Å². The van der Waals surface area contributed by atoms with E-state index in [9.17, 15) is 9.59 Å². The van der Waals surface area contributed by atoms with Gasteiger partial charge < -0.3 is 0 Å². The molecule has 0 amide bonds. The average Bonchev–Trinajstić information content (AvgIpc) is 1.88. The quantitative estimate of drug-likeness (QED) is 0.396. The van der Waals surface area contributed by atoms with Gasteiger partial charge in [0.2, 0.25) is 0 Å². The summed E-state index contributed by atoms with van der Waals surface area (Å²) in [5.74, 6) is -0.779. The second-order valence-electron chi connectivity index (χ2n) is 2.19. The van der Waals surface area contributed by atoms with Crippen LogP contribution in [0.3, 0.4) is 0 Å². The zero-order valence-electron chi connectivity index (χ0n) is 5.54. The number of hydrogen-bond donors (Lipinski definition) is 0. The molecule has 10 heavy (non-hydrogen) atoms. The maximum Gasteiger partial charge on any atom is 0.169 e. The monoisotopic (exact) mass is 136 g/mol. The Bertz CT molecular complexity index is 213. The first-order chi connectivity index (χ1) is 4.75. The van der Waals surface area contributed by atoms with Crippen LogP contribution in [-0.2, 0) is 9.59 Å². The third-order valence-corrected chi connectivity index (χ3v) is 1.49. The highest BCUT2D eigenvalue weighted by Gasteiger charge is 2.22. The van der Waals surface area contributed by atoms with Crippen molar-refractivity contribution in [1.29, 1.82) is 0 Å². The van der Waals surface area contributed by atoms with Crippen LogP contribution in [-0.4, -0.2) is 11.6 Å². The zero-order valence-corrected chi connectivity index (χ0v) is 5.54. The van der Waals surface area contributed by atoms with E-state index in [1.54, 1.807) is 6.08 Å². The Morgan fingerprint density at radius 3 is 2.70 bits per heavy atom. The fraction of sp³-hybridized carbons (Fsp3) is 0.250. The van der Waals surface area contributed by atoms with Crippen molar-refractivity contribution in [2.75, 3.05) is 0 Å². The maximum absolute atomic E-state index is 10.9. The van der Waals surface area contributed by atoms with Gasteiger partial charge in [-0.25, -0.2) is 0 Å². The second kappa shape index (κ2) is 2.60. The van der Waals surface area contributed by atoms with E-state index < -0.39 is 5.92 Å². The lowest BCUT2D eigenvalue weighted by Crippen LogP contribution is -2.22. The zero-order chi connectivity index (χ0) is 7.56. The molecule has 0 bridgehead atoms. The molecule has 1 aliphatic carbocycles. The molecule has 2 heteroatoms. The number of rotatable bonds is 1. The Morgan fingerprint density at radius 1 is 1.60 bits per heavy atom. The molecule has 0 N–H and O–H groups in total. The van der Waals surface area contributed by atoms with Crippen molar-refractivity contribution in [2.24, 2.45) is 5.92 Å². The van der Waals surface area contributed by atoms with Crippen LogP contribution in [0.1, 0.15) is 6.42 Å². The van der Waals surface area contributed by atoms with E-state index >= 15 is 0 Å². The highest BCUT2D eigenvalue weighted by molar-refractivity contribution is 6.11. The van der Waals surface area contributed by atoms with E-state index in [1.165, 1.54) is 12.2 Å². The molecule has 0 aliphatic heterocycles. The van der Waals surface area contributed by atoms with Crippen LogP contribution >= 0.6 is 0 Å². The van der Waals surface area contributed by atoms with Gasteiger partial charge >= 0.3 is 0 Å². The van der Waals surface area contributed by atoms with Gasteiger partial charge in [0.1, 0.15) is 0 Å². The molecular weight excluding hydrogens is 128 g/mol. The topological polar surface area (TPSA) is 34.1 Å². The number of allylic oxidation sites excluding steroid dienone is 3. The van der Waals surface area contributed by atoms with Crippen LogP contribution in [0.15, 0.2) is 24.8 Å². The lowest BCUT2D eigenvalue weighted by molar-refractivity contribution is -0.128. The van der Waals surface area contributed by atoms with E-state index in [2.05, 4.69) is 6.58 Å². The van der Waals surface area contributed by atoms with Crippen LogP contribution < -0.4 is 0 Å². The highest BCUT2D eigenvalue weighted by Crippen LogP contribution is 2.11. The van der Waals surface area contributed by atoms with Gasteiger partial charge in [-0.1, -0.05) is 12.2 Å². The smallest absolute Gasteiger partial charge is 0.169 e. The molecule has 0 radical (unpaired) electrons. The molecule has 0 aromatic carbocycles. The van der Waals surface area contributed by atoms with Crippen molar-refractivity contribution in [2.45, 2.75) is 6.42 Å². The number of ketones is 2. The normalized spacial score (nSPS) is 25.0. The fourth-order valence-corrected chi connectivity index (χ4v) is 0.928. The van der Waals surface area contributed by atoms with Gasteiger partial charge in [0.05, 0.1) is 5.92 Å².